The standard InChI is InChI=1S/C17H25N3O2/c1-3-19-17(22)14-5-4-12(2)15(11-14)20-16(21)10-13-6-8-18-9-7-13/h4-5,11,13,18H,3,6-10H2,1-2H3,(H,19,22)(H,20,21). The van der Waals surface area contributed by atoms with Crippen LogP contribution in [0.5, 0.6) is 0 Å². The second-order valence-corrected chi connectivity index (χ2v) is 5.83. The van der Waals surface area contributed by atoms with Crippen molar-refractivity contribution in [2.75, 3.05) is 25.0 Å². The summed E-state index contributed by atoms with van der Waals surface area (Å²) in [5.41, 5.74) is 2.26. The zero-order valence-corrected chi connectivity index (χ0v) is 13.4. The van der Waals surface area contributed by atoms with Gasteiger partial charge in [-0.15, -0.1) is 0 Å². The lowest BCUT2D eigenvalue weighted by Crippen LogP contribution is -2.30. The molecule has 1 fully saturated rings. The van der Waals surface area contributed by atoms with Crippen LogP contribution in [0.4, 0.5) is 5.69 Å². The highest BCUT2D eigenvalue weighted by atomic mass is 16.2. The van der Waals surface area contributed by atoms with Gasteiger partial charge >= 0.3 is 0 Å². The smallest absolute Gasteiger partial charge is 0.251 e. The van der Waals surface area contributed by atoms with Gasteiger partial charge in [0.1, 0.15) is 0 Å². The quantitative estimate of drug-likeness (QED) is 0.780. The van der Waals surface area contributed by atoms with Gasteiger partial charge in [0.05, 0.1) is 0 Å². The van der Waals surface area contributed by atoms with Gasteiger partial charge in [-0.3, -0.25) is 9.59 Å². The maximum Gasteiger partial charge on any atom is 0.251 e. The lowest BCUT2D eigenvalue weighted by Gasteiger charge is -2.22. The largest absolute Gasteiger partial charge is 0.352 e. The van der Waals surface area contributed by atoms with Gasteiger partial charge in [0.2, 0.25) is 5.91 Å². The summed E-state index contributed by atoms with van der Waals surface area (Å²) in [7, 11) is 0. The number of aryl methyl sites for hydroxylation is 1. The molecule has 1 saturated heterocycles. The Hall–Kier alpha value is -1.88. The summed E-state index contributed by atoms with van der Waals surface area (Å²) in [6, 6.07) is 5.40. The van der Waals surface area contributed by atoms with E-state index in [1.807, 2.05) is 19.9 Å². The molecule has 120 valence electrons. The van der Waals surface area contributed by atoms with Crippen molar-refractivity contribution in [1.82, 2.24) is 10.6 Å². The maximum atomic E-state index is 12.2. The van der Waals surface area contributed by atoms with Gasteiger partial charge in [-0.05, 0) is 63.4 Å². The van der Waals surface area contributed by atoms with Gasteiger partial charge in [0.15, 0.2) is 0 Å². The first-order chi connectivity index (χ1) is 10.6. The van der Waals surface area contributed by atoms with Gasteiger partial charge in [-0.1, -0.05) is 6.07 Å². The van der Waals surface area contributed by atoms with E-state index < -0.39 is 0 Å². The molecular formula is C17H25N3O2. The Kier molecular flexibility index (Phi) is 5.95. The molecule has 2 rings (SSSR count). The minimum absolute atomic E-state index is 0.0306. The van der Waals surface area contributed by atoms with Crippen molar-refractivity contribution >= 4 is 17.5 Å². The Bertz CT molecular complexity index is 537. The highest BCUT2D eigenvalue weighted by Crippen LogP contribution is 2.20. The Balaban J connectivity index is 1.99. The summed E-state index contributed by atoms with van der Waals surface area (Å²) in [4.78, 5) is 24.1. The van der Waals surface area contributed by atoms with E-state index in [0.29, 0.717) is 24.4 Å². The summed E-state index contributed by atoms with van der Waals surface area (Å²) >= 11 is 0. The normalized spacial score (nSPS) is 15.4. The van der Waals surface area contributed by atoms with E-state index in [4.69, 9.17) is 0 Å². The van der Waals surface area contributed by atoms with Gasteiger partial charge in [0, 0.05) is 24.2 Å². The zero-order valence-electron chi connectivity index (χ0n) is 13.4. The van der Waals surface area contributed by atoms with Crippen LogP contribution in [0.1, 0.15) is 42.1 Å². The van der Waals surface area contributed by atoms with Crippen molar-refractivity contribution in [2.24, 2.45) is 5.92 Å². The predicted octanol–water partition coefficient (Wildman–Crippen LogP) is 2.07. The Morgan fingerprint density at radius 1 is 1.27 bits per heavy atom. The molecule has 3 N–H and O–H groups in total. The fourth-order valence-corrected chi connectivity index (χ4v) is 2.71. The van der Waals surface area contributed by atoms with E-state index >= 15 is 0 Å². The van der Waals surface area contributed by atoms with Crippen LogP contribution in [0.3, 0.4) is 0 Å². The predicted molar refractivity (Wildman–Crippen MR) is 88.0 cm³/mol. The van der Waals surface area contributed by atoms with E-state index in [2.05, 4.69) is 16.0 Å². The lowest BCUT2D eigenvalue weighted by atomic mass is 9.94. The van der Waals surface area contributed by atoms with Crippen LogP contribution < -0.4 is 16.0 Å². The minimum atomic E-state index is -0.114. The van der Waals surface area contributed by atoms with Crippen LogP contribution in [-0.2, 0) is 4.79 Å². The number of piperidine rings is 1. The highest BCUT2D eigenvalue weighted by Gasteiger charge is 2.17. The number of amides is 2. The van der Waals surface area contributed by atoms with Crippen molar-refractivity contribution in [2.45, 2.75) is 33.1 Å². The lowest BCUT2D eigenvalue weighted by molar-refractivity contribution is -0.117. The van der Waals surface area contributed by atoms with Crippen LogP contribution in [0.2, 0.25) is 0 Å². The molecular weight excluding hydrogens is 278 g/mol. The third-order valence-electron chi connectivity index (χ3n) is 4.04. The van der Waals surface area contributed by atoms with Crippen molar-refractivity contribution in [3.63, 3.8) is 0 Å². The molecule has 1 aromatic rings. The summed E-state index contributed by atoms with van der Waals surface area (Å²) < 4.78 is 0. The van der Waals surface area contributed by atoms with Crippen molar-refractivity contribution < 1.29 is 9.59 Å². The molecule has 0 radical (unpaired) electrons. The first-order valence-electron chi connectivity index (χ1n) is 7.99. The highest BCUT2D eigenvalue weighted by molar-refractivity contribution is 5.97. The average molecular weight is 303 g/mol. The topological polar surface area (TPSA) is 70.2 Å². The summed E-state index contributed by atoms with van der Waals surface area (Å²) in [6.45, 7) is 6.38. The summed E-state index contributed by atoms with van der Waals surface area (Å²) in [6.07, 6.45) is 2.64. The molecule has 1 aromatic carbocycles. The third kappa shape index (κ3) is 4.56. The molecule has 5 nitrogen and oxygen atoms in total. The van der Waals surface area contributed by atoms with Crippen molar-refractivity contribution in [1.29, 1.82) is 0 Å². The third-order valence-corrected chi connectivity index (χ3v) is 4.04. The maximum absolute atomic E-state index is 12.2. The molecule has 1 heterocycles. The van der Waals surface area contributed by atoms with Crippen molar-refractivity contribution in [3.05, 3.63) is 29.3 Å². The van der Waals surface area contributed by atoms with Crippen LogP contribution in [0, 0.1) is 12.8 Å². The van der Waals surface area contributed by atoms with E-state index in [-0.39, 0.29) is 11.8 Å². The minimum Gasteiger partial charge on any atom is -0.352 e. The number of rotatable bonds is 5. The Labute approximate surface area is 131 Å². The number of benzene rings is 1. The number of carbonyl (C=O) groups is 2. The number of hydrogen-bond acceptors (Lipinski definition) is 3. The Morgan fingerprint density at radius 3 is 2.68 bits per heavy atom. The van der Waals surface area contributed by atoms with Gasteiger partial charge in [-0.2, -0.15) is 0 Å². The molecule has 0 unspecified atom stereocenters. The average Bonchev–Trinajstić information content (AvgIpc) is 2.50. The first-order valence-corrected chi connectivity index (χ1v) is 7.99. The number of carbonyl (C=O) groups excluding carboxylic acids is 2. The molecule has 0 atom stereocenters. The SMILES string of the molecule is CCNC(=O)c1ccc(C)c(NC(=O)CC2CCNCC2)c1. The molecule has 22 heavy (non-hydrogen) atoms. The second-order valence-electron chi connectivity index (χ2n) is 5.83. The molecule has 5 heteroatoms. The number of anilines is 1. The van der Waals surface area contributed by atoms with Crippen LogP contribution >= 0.6 is 0 Å². The molecule has 0 spiro atoms. The molecule has 0 aromatic heterocycles. The van der Waals surface area contributed by atoms with Crippen LogP contribution in [0.25, 0.3) is 0 Å². The molecule has 2 amide bonds. The zero-order chi connectivity index (χ0) is 15.9. The monoisotopic (exact) mass is 303 g/mol. The fraction of sp³-hybridized carbons (Fsp3) is 0.529. The number of nitrogens with one attached hydrogen (secondary N) is 3. The Morgan fingerprint density at radius 2 is 2.00 bits per heavy atom. The fourth-order valence-electron chi connectivity index (χ4n) is 2.71. The molecule has 1 aliphatic rings. The van der Waals surface area contributed by atoms with E-state index in [0.717, 1.165) is 37.2 Å². The second kappa shape index (κ2) is 7.94. The summed E-state index contributed by atoms with van der Waals surface area (Å²) in [5, 5.41) is 9.03. The van der Waals surface area contributed by atoms with E-state index in [1.54, 1.807) is 12.1 Å². The molecule has 0 aliphatic carbocycles. The van der Waals surface area contributed by atoms with Crippen molar-refractivity contribution in [3.8, 4) is 0 Å². The van der Waals surface area contributed by atoms with Gasteiger partial charge < -0.3 is 16.0 Å². The van der Waals surface area contributed by atoms with Crippen LogP contribution in [-0.4, -0.2) is 31.4 Å². The van der Waals surface area contributed by atoms with Crippen LogP contribution in [0.15, 0.2) is 18.2 Å². The number of hydrogen-bond donors (Lipinski definition) is 3. The van der Waals surface area contributed by atoms with E-state index in [1.165, 1.54) is 0 Å². The van der Waals surface area contributed by atoms with Gasteiger partial charge in [0.25, 0.3) is 5.91 Å². The summed E-state index contributed by atoms with van der Waals surface area (Å²) in [5.74, 6) is 0.368. The molecule has 0 saturated carbocycles. The molecule has 0 bridgehead atoms. The first kappa shape index (κ1) is 16.5. The van der Waals surface area contributed by atoms with Gasteiger partial charge in [-0.25, -0.2) is 0 Å². The van der Waals surface area contributed by atoms with E-state index in [9.17, 15) is 9.59 Å². The molecule has 1 aliphatic heterocycles.